The van der Waals surface area contributed by atoms with Crippen molar-refractivity contribution < 1.29 is 32.6 Å². The highest BCUT2D eigenvalue weighted by Gasteiger charge is 2.33. The van der Waals surface area contributed by atoms with E-state index in [0.29, 0.717) is 37.5 Å². The minimum Gasteiger partial charge on any atom is -0.496 e. The molecule has 0 spiro atoms. The van der Waals surface area contributed by atoms with Gasteiger partial charge in [0.2, 0.25) is 0 Å². The van der Waals surface area contributed by atoms with Crippen molar-refractivity contribution in [1.82, 2.24) is 14.4 Å². The van der Waals surface area contributed by atoms with E-state index in [1.54, 1.807) is 24.3 Å². The van der Waals surface area contributed by atoms with Crippen LogP contribution in [-0.4, -0.2) is 91.9 Å². The van der Waals surface area contributed by atoms with Gasteiger partial charge >= 0.3 is 12.1 Å². The number of aromatic nitrogens is 1. The van der Waals surface area contributed by atoms with E-state index in [4.69, 9.17) is 14.2 Å². The number of ether oxygens (including phenoxy) is 3. The number of fused-ring (bicyclic) bond motifs is 1. The first-order valence-electron chi connectivity index (χ1n) is 15.5. The highest BCUT2D eigenvalue weighted by atomic mass is 19.3. The molecule has 3 heterocycles. The van der Waals surface area contributed by atoms with Crippen LogP contribution in [0.1, 0.15) is 66.7 Å². The van der Waals surface area contributed by atoms with Crippen molar-refractivity contribution in [2.75, 3.05) is 58.4 Å². The lowest BCUT2D eigenvalue weighted by Crippen LogP contribution is -2.49. The van der Waals surface area contributed by atoms with Gasteiger partial charge in [0.25, 0.3) is 6.43 Å². The molecule has 3 aromatic rings. The zero-order chi connectivity index (χ0) is 32.5. The van der Waals surface area contributed by atoms with E-state index < -0.39 is 24.1 Å². The molecule has 11 heteroatoms. The van der Waals surface area contributed by atoms with Gasteiger partial charge < -0.3 is 19.1 Å². The number of benzene rings is 2. The summed E-state index contributed by atoms with van der Waals surface area (Å²) in [7, 11) is 3.00. The number of methoxy groups -OCH3 is 2. The van der Waals surface area contributed by atoms with Crippen molar-refractivity contribution in [2.24, 2.45) is 0 Å². The van der Waals surface area contributed by atoms with Crippen molar-refractivity contribution in [2.45, 2.75) is 65.1 Å². The second kappa shape index (κ2) is 13.3. The topological polar surface area (TPSA) is 76.5 Å². The Bertz CT molecular complexity index is 1540. The number of carbonyl (C=O) groups is 2. The Balaban J connectivity index is 1.56. The van der Waals surface area contributed by atoms with E-state index in [1.807, 2.05) is 52.0 Å². The minimum absolute atomic E-state index is 0.237. The van der Waals surface area contributed by atoms with Gasteiger partial charge in [-0.15, -0.1) is 0 Å². The van der Waals surface area contributed by atoms with Crippen LogP contribution in [0, 0.1) is 6.92 Å². The first kappa shape index (κ1) is 32.7. The summed E-state index contributed by atoms with van der Waals surface area (Å²) in [5, 5.41) is 0.866. The summed E-state index contributed by atoms with van der Waals surface area (Å²) in [5.41, 5.74) is 4.11. The van der Waals surface area contributed by atoms with Crippen LogP contribution in [0.3, 0.4) is 0 Å². The number of piperazine rings is 1. The number of anilines is 1. The second-order valence-corrected chi connectivity index (χ2v) is 12.9. The fraction of sp³-hybridized carbons (Fsp3) is 0.529. The van der Waals surface area contributed by atoms with Crippen LogP contribution in [0.15, 0.2) is 36.5 Å². The number of hydrogen-bond donors (Lipinski definition) is 0. The molecule has 2 fully saturated rings. The average molecular weight is 627 g/mol. The van der Waals surface area contributed by atoms with Crippen LogP contribution >= 0.6 is 0 Å². The van der Waals surface area contributed by atoms with Gasteiger partial charge in [0.15, 0.2) is 0 Å². The SMILES string of the molecule is COC(=O)c1ccc([C@@H]2CN(CC(F)F)CCN2Cc2c(OC)cc(C)c3c2ccn3C(=O)OC(C)(C)C)cc1N1CCCC1. The second-order valence-electron chi connectivity index (χ2n) is 12.9. The van der Waals surface area contributed by atoms with Crippen LogP contribution in [0.2, 0.25) is 0 Å². The van der Waals surface area contributed by atoms with Crippen LogP contribution in [-0.2, 0) is 16.0 Å². The monoisotopic (exact) mass is 626 g/mol. The molecule has 9 nitrogen and oxygen atoms in total. The van der Waals surface area contributed by atoms with E-state index in [9.17, 15) is 18.4 Å². The summed E-state index contributed by atoms with van der Waals surface area (Å²) in [5.74, 6) is 0.291. The Labute approximate surface area is 263 Å². The molecule has 0 aliphatic carbocycles. The van der Waals surface area contributed by atoms with Gasteiger partial charge in [0.1, 0.15) is 11.4 Å². The van der Waals surface area contributed by atoms with Gasteiger partial charge in [-0.1, -0.05) is 6.07 Å². The highest BCUT2D eigenvalue weighted by molar-refractivity contribution is 5.96. The molecule has 2 aliphatic rings. The maximum absolute atomic E-state index is 13.6. The number of aryl methyl sites for hydroxylation is 1. The maximum Gasteiger partial charge on any atom is 0.419 e. The number of carbonyl (C=O) groups excluding carboxylic acids is 2. The molecular formula is C34H44F2N4O5. The number of esters is 1. The summed E-state index contributed by atoms with van der Waals surface area (Å²) in [6.45, 7) is 10.7. The Morgan fingerprint density at radius 1 is 1.02 bits per heavy atom. The molecule has 0 amide bonds. The number of hydrogen-bond acceptors (Lipinski definition) is 8. The fourth-order valence-corrected chi connectivity index (χ4v) is 6.58. The molecule has 244 valence electrons. The van der Waals surface area contributed by atoms with E-state index in [1.165, 1.54) is 11.7 Å². The lowest BCUT2D eigenvalue weighted by molar-refractivity contribution is 0.0245. The summed E-state index contributed by atoms with van der Waals surface area (Å²) in [6.07, 6.45) is 0.892. The Morgan fingerprint density at radius 3 is 2.40 bits per heavy atom. The van der Waals surface area contributed by atoms with Gasteiger partial charge in [-0.25, -0.2) is 18.4 Å². The molecule has 0 saturated carbocycles. The zero-order valence-electron chi connectivity index (χ0n) is 27.1. The van der Waals surface area contributed by atoms with Crippen molar-refractivity contribution in [3.8, 4) is 5.75 Å². The van der Waals surface area contributed by atoms with E-state index in [2.05, 4.69) is 9.80 Å². The number of alkyl halides is 2. The third-order valence-corrected chi connectivity index (χ3v) is 8.63. The van der Waals surface area contributed by atoms with Gasteiger partial charge in [0.05, 0.1) is 37.5 Å². The lowest BCUT2D eigenvalue weighted by Gasteiger charge is -2.42. The fourth-order valence-electron chi connectivity index (χ4n) is 6.58. The quantitative estimate of drug-likeness (QED) is 0.272. The van der Waals surface area contributed by atoms with E-state index in [0.717, 1.165) is 59.2 Å². The summed E-state index contributed by atoms with van der Waals surface area (Å²) < 4.78 is 45.3. The molecular weight excluding hydrogens is 582 g/mol. The molecule has 0 N–H and O–H groups in total. The van der Waals surface area contributed by atoms with Crippen molar-refractivity contribution >= 4 is 28.7 Å². The summed E-state index contributed by atoms with van der Waals surface area (Å²) >= 11 is 0. The molecule has 45 heavy (non-hydrogen) atoms. The van der Waals surface area contributed by atoms with Gasteiger partial charge in [-0.3, -0.25) is 14.4 Å². The normalized spacial score (nSPS) is 18.2. The highest BCUT2D eigenvalue weighted by Crippen LogP contribution is 2.38. The van der Waals surface area contributed by atoms with E-state index >= 15 is 0 Å². The molecule has 5 rings (SSSR count). The maximum atomic E-state index is 13.6. The molecule has 2 saturated heterocycles. The molecule has 1 aromatic heterocycles. The van der Waals surface area contributed by atoms with Crippen molar-refractivity contribution in [3.05, 3.63) is 58.8 Å². The molecule has 0 unspecified atom stereocenters. The number of halogens is 2. The molecule has 1 atom stereocenters. The van der Waals surface area contributed by atoms with Crippen LogP contribution < -0.4 is 9.64 Å². The van der Waals surface area contributed by atoms with E-state index in [-0.39, 0.29) is 12.6 Å². The molecule has 2 aliphatic heterocycles. The van der Waals surface area contributed by atoms with Crippen LogP contribution in [0.5, 0.6) is 5.75 Å². The third kappa shape index (κ3) is 7.09. The predicted octanol–water partition coefficient (Wildman–Crippen LogP) is 6.25. The first-order chi connectivity index (χ1) is 21.4. The smallest absolute Gasteiger partial charge is 0.419 e. The van der Waals surface area contributed by atoms with Crippen LogP contribution in [0.25, 0.3) is 10.9 Å². The van der Waals surface area contributed by atoms with Gasteiger partial charge in [-0.05, 0) is 75.9 Å². The van der Waals surface area contributed by atoms with Crippen LogP contribution in [0.4, 0.5) is 19.3 Å². The minimum atomic E-state index is -2.44. The first-order valence-corrected chi connectivity index (χ1v) is 15.5. The molecule has 0 radical (unpaired) electrons. The summed E-state index contributed by atoms with van der Waals surface area (Å²) in [6, 6.07) is 9.34. The molecule has 2 aromatic carbocycles. The van der Waals surface area contributed by atoms with Crippen molar-refractivity contribution in [1.29, 1.82) is 0 Å². The standard InChI is InChI=1S/C34H44F2N4O5/c1-22-17-29(43-5)26(24-11-14-40(31(22)24)33(42)45-34(2,3)4)19-39-16-15-37(21-30(35)36)20-28(39)23-9-10-25(32(41)44-6)27(18-23)38-12-7-8-13-38/h9-11,14,17-18,28,30H,7-8,12-13,15-16,19-21H2,1-6H3/t28-/m0/s1. The van der Waals surface area contributed by atoms with Gasteiger partial charge in [-0.2, -0.15) is 0 Å². The van der Waals surface area contributed by atoms with Gasteiger partial charge in [0, 0.05) is 62.5 Å². The lowest BCUT2D eigenvalue weighted by atomic mass is 9.97. The zero-order valence-corrected chi connectivity index (χ0v) is 27.1. The number of nitrogens with zero attached hydrogens (tertiary/aromatic N) is 4. The number of rotatable bonds is 8. The molecule has 0 bridgehead atoms. The predicted molar refractivity (Wildman–Crippen MR) is 170 cm³/mol. The largest absolute Gasteiger partial charge is 0.496 e. The summed E-state index contributed by atoms with van der Waals surface area (Å²) in [4.78, 5) is 32.1. The average Bonchev–Trinajstić information content (AvgIpc) is 3.69. The third-order valence-electron chi connectivity index (χ3n) is 8.63. The Kier molecular flexibility index (Phi) is 9.69. The van der Waals surface area contributed by atoms with Crippen molar-refractivity contribution in [3.63, 3.8) is 0 Å². The Morgan fingerprint density at radius 2 is 1.76 bits per heavy atom. The Hall–Kier alpha value is -3.70.